The van der Waals surface area contributed by atoms with Gasteiger partial charge in [-0.25, -0.2) is 4.98 Å². The molecule has 0 aliphatic carbocycles. The fourth-order valence-corrected chi connectivity index (χ4v) is 3.59. The number of rotatable bonds is 6. The van der Waals surface area contributed by atoms with Gasteiger partial charge in [-0.05, 0) is 19.1 Å². The smallest absolute Gasteiger partial charge is 0.226 e. The highest BCUT2D eigenvalue weighted by atomic mass is 32.2. The van der Waals surface area contributed by atoms with Crippen molar-refractivity contribution in [1.29, 1.82) is 0 Å². The van der Waals surface area contributed by atoms with Gasteiger partial charge in [-0.15, -0.1) is 10.2 Å². The number of thioether (sulfide) groups is 1. The molecule has 0 saturated carbocycles. The van der Waals surface area contributed by atoms with Crippen LogP contribution >= 0.6 is 11.8 Å². The van der Waals surface area contributed by atoms with Gasteiger partial charge in [0.25, 0.3) is 0 Å². The van der Waals surface area contributed by atoms with Crippen LogP contribution in [0, 0.1) is 0 Å². The van der Waals surface area contributed by atoms with E-state index in [0.717, 1.165) is 34.3 Å². The summed E-state index contributed by atoms with van der Waals surface area (Å²) in [6.07, 6.45) is 1.71. The standard InChI is InChI=1S/C20H18N4OS/c1-2-24-18(15-9-5-3-6-10-15)22-23-20(24)26-14-17-13-25-19(21-17)16-11-7-4-8-12-16/h3-13H,2,14H2,1H3. The largest absolute Gasteiger partial charge is 0.444 e. The molecule has 0 aliphatic rings. The maximum Gasteiger partial charge on any atom is 0.226 e. The lowest BCUT2D eigenvalue weighted by atomic mass is 10.2. The second kappa shape index (κ2) is 7.58. The van der Waals surface area contributed by atoms with Crippen LogP contribution in [0.5, 0.6) is 0 Å². The molecule has 0 atom stereocenters. The molecule has 0 bridgehead atoms. The van der Waals surface area contributed by atoms with Gasteiger partial charge in [0.2, 0.25) is 5.89 Å². The van der Waals surface area contributed by atoms with E-state index in [2.05, 4.69) is 26.7 Å². The summed E-state index contributed by atoms with van der Waals surface area (Å²) in [5.74, 6) is 2.22. The first-order valence-electron chi connectivity index (χ1n) is 8.46. The summed E-state index contributed by atoms with van der Waals surface area (Å²) in [5.41, 5.74) is 2.94. The summed E-state index contributed by atoms with van der Waals surface area (Å²) < 4.78 is 7.73. The number of nitrogens with zero attached hydrogens (tertiary/aromatic N) is 4. The first-order valence-corrected chi connectivity index (χ1v) is 9.45. The average molecular weight is 362 g/mol. The van der Waals surface area contributed by atoms with Gasteiger partial charge >= 0.3 is 0 Å². The molecule has 0 aliphatic heterocycles. The van der Waals surface area contributed by atoms with Gasteiger partial charge in [0, 0.05) is 23.4 Å². The number of hydrogen-bond donors (Lipinski definition) is 0. The quantitative estimate of drug-likeness (QED) is 0.456. The third-order valence-electron chi connectivity index (χ3n) is 3.99. The third-order valence-corrected chi connectivity index (χ3v) is 4.99. The monoisotopic (exact) mass is 362 g/mol. The van der Waals surface area contributed by atoms with E-state index in [9.17, 15) is 0 Å². The van der Waals surface area contributed by atoms with Crippen LogP contribution in [0.1, 0.15) is 12.6 Å². The van der Waals surface area contributed by atoms with Crippen molar-refractivity contribution in [1.82, 2.24) is 19.7 Å². The summed E-state index contributed by atoms with van der Waals surface area (Å²) >= 11 is 1.62. The zero-order valence-corrected chi connectivity index (χ0v) is 15.2. The minimum atomic E-state index is 0.642. The van der Waals surface area contributed by atoms with Crippen LogP contribution in [-0.4, -0.2) is 19.7 Å². The van der Waals surface area contributed by atoms with Crippen LogP contribution in [0.25, 0.3) is 22.8 Å². The summed E-state index contributed by atoms with van der Waals surface area (Å²) in [6.45, 7) is 2.91. The maximum atomic E-state index is 5.60. The molecule has 0 amide bonds. The van der Waals surface area contributed by atoms with Crippen LogP contribution in [0.4, 0.5) is 0 Å². The van der Waals surface area contributed by atoms with Gasteiger partial charge in [0.15, 0.2) is 11.0 Å². The zero-order chi connectivity index (χ0) is 17.8. The highest BCUT2D eigenvalue weighted by Crippen LogP contribution is 2.27. The van der Waals surface area contributed by atoms with Gasteiger partial charge in [-0.1, -0.05) is 60.3 Å². The molecular weight excluding hydrogens is 344 g/mol. The molecule has 0 saturated heterocycles. The molecule has 4 aromatic rings. The van der Waals surface area contributed by atoms with E-state index >= 15 is 0 Å². The van der Waals surface area contributed by atoms with Crippen molar-refractivity contribution in [3.63, 3.8) is 0 Å². The number of aromatic nitrogens is 4. The van der Waals surface area contributed by atoms with Gasteiger partial charge in [-0.3, -0.25) is 0 Å². The highest BCUT2D eigenvalue weighted by molar-refractivity contribution is 7.98. The molecule has 4 rings (SSSR count). The van der Waals surface area contributed by atoms with E-state index < -0.39 is 0 Å². The Kier molecular flexibility index (Phi) is 4.84. The van der Waals surface area contributed by atoms with Crippen molar-refractivity contribution in [2.45, 2.75) is 24.4 Å². The molecule has 0 spiro atoms. The Morgan fingerprint density at radius 1 is 0.923 bits per heavy atom. The predicted octanol–water partition coefficient (Wildman–Crippen LogP) is 4.91. The minimum absolute atomic E-state index is 0.642. The number of benzene rings is 2. The van der Waals surface area contributed by atoms with Gasteiger partial charge in [0.05, 0.1) is 5.69 Å². The molecule has 26 heavy (non-hydrogen) atoms. The van der Waals surface area contributed by atoms with E-state index in [1.54, 1.807) is 18.0 Å². The fraction of sp³-hybridized carbons (Fsp3) is 0.150. The number of hydrogen-bond acceptors (Lipinski definition) is 5. The molecule has 5 nitrogen and oxygen atoms in total. The van der Waals surface area contributed by atoms with E-state index in [-0.39, 0.29) is 0 Å². The summed E-state index contributed by atoms with van der Waals surface area (Å²) in [4.78, 5) is 4.57. The van der Waals surface area contributed by atoms with Crippen molar-refractivity contribution in [3.05, 3.63) is 72.6 Å². The highest BCUT2D eigenvalue weighted by Gasteiger charge is 2.14. The molecular formula is C20H18N4OS. The Balaban J connectivity index is 1.50. The first kappa shape index (κ1) is 16.6. The van der Waals surface area contributed by atoms with Crippen molar-refractivity contribution in [3.8, 4) is 22.8 Å². The summed E-state index contributed by atoms with van der Waals surface area (Å²) in [6, 6.07) is 20.0. The van der Waals surface area contributed by atoms with Crippen molar-refractivity contribution in [2.75, 3.05) is 0 Å². The Bertz CT molecular complexity index is 979. The third kappa shape index (κ3) is 3.41. The van der Waals surface area contributed by atoms with Crippen LogP contribution < -0.4 is 0 Å². The SMILES string of the molecule is CCn1c(SCc2coc(-c3ccccc3)n2)nnc1-c1ccccc1. The first-order chi connectivity index (χ1) is 12.8. The molecule has 2 heterocycles. The van der Waals surface area contributed by atoms with Crippen LogP contribution in [-0.2, 0) is 12.3 Å². The second-order valence-corrected chi connectivity index (χ2v) is 6.66. The molecule has 6 heteroatoms. The van der Waals surface area contributed by atoms with Crippen LogP contribution in [0.15, 0.2) is 76.5 Å². The van der Waals surface area contributed by atoms with E-state index in [4.69, 9.17) is 4.42 Å². The van der Waals surface area contributed by atoms with Crippen molar-refractivity contribution < 1.29 is 4.42 Å². The molecule has 0 fully saturated rings. The lowest BCUT2D eigenvalue weighted by Gasteiger charge is -2.06. The lowest BCUT2D eigenvalue weighted by Crippen LogP contribution is -1.99. The van der Waals surface area contributed by atoms with E-state index in [1.165, 1.54) is 0 Å². The molecule has 0 unspecified atom stereocenters. The Labute approximate surface area is 156 Å². The minimum Gasteiger partial charge on any atom is -0.444 e. The average Bonchev–Trinajstić information content (AvgIpc) is 3.34. The summed E-state index contributed by atoms with van der Waals surface area (Å²) in [7, 11) is 0. The predicted molar refractivity (Wildman–Crippen MR) is 103 cm³/mol. The summed E-state index contributed by atoms with van der Waals surface area (Å²) in [5, 5.41) is 9.62. The molecule has 2 aromatic carbocycles. The van der Waals surface area contributed by atoms with Crippen LogP contribution in [0.3, 0.4) is 0 Å². The topological polar surface area (TPSA) is 56.7 Å². The maximum absolute atomic E-state index is 5.60. The van der Waals surface area contributed by atoms with Crippen molar-refractivity contribution >= 4 is 11.8 Å². The van der Waals surface area contributed by atoms with Gasteiger partial charge in [-0.2, -0.15) is 0 Å². The number of oxazole rings is 1. The van der Waals surface area contributed by atoms with Gasteiger partial charge in [0.1, 0.15) is 6.26 Å². The van der Waals surface area contributed by atoms with Gasteiger partial charge < -0.3 is 8.98 Å². The Morgan fingerprint density at radius 2 is 1.62 bits per heavy atom. The lowest BCUT2D eigenvalue weighted by molar-refractivity contribution is 0.573. The van der Waals surface area contributed by atoms with Crippen molar-refractivity contribution in [2.24, 2.45) is 0 Å². The Morgan fingerprint density at radius 3 is 2.31 bits per heavy atom. The Hall–Kier alpha value is -2.86. The van der Waals surface area contributed by atoms with E-state index in [0.29, 0.717) is 11.6 Å². The van der Waals surface area contributed by atoms with Crippen LogP contribution in [0.2, 0.25) is 0 Å². The molecule has 2 aromatic heterocycles. The fourth-order valence-electron chi connectivity index (χ4n) is 2.71. The second-order valence-electron chi connectivity index (χ2n) is 5.72. The molecule has 130 valence electrons. The van der Waals surface area contributed by atoms with E-state index in [1.807, 2.05) is 60.7 Å². The molecule has 0 radical (unpaired) electrons. The zero-order valence-electron chi connectivity index (χ0n) is 14.4. The molecule has 0 N–H and O–H groups in total. The normalized spacial score (nSPS) is 11.0.